The molecule has 2 nitrogen and oxygen atoms in total. The van der Waals surface area contributed by atoms with Crippen LogP contribution in [-0.2, 0) is 5.54 Å². The molecule has 0 radical (unpaired) electrons. The zero-order chi connectivity index (χ0) is 10.2. The van der Waals surface area contributed by atoms with Crippen LogP contribution in [0.3, 0.4) is 0 Å². The van der Waals surface area contributed by atoms with Crippen molar-refractivity contribution in [1.82, 2.24) is 4.98 Å². The molecule has 78 valence electrons. The fourth-order valence-electron chi connectivity index (χ4n) is 2.13. The molecule has 1 saturated carbocycles. The van der Waals surface area contributed by atoms with Gasteiger partial charge in [0.2, 0.25) is 0 Å². The Labute approximate surface area is 89.5 Å². The summed E-state index contributed by atoms with van der Waals surface area (Å²) < 4.78 is 0. The Morgan fingerprint density at radius 2 is 2.14 bits per heavy atom. The molecule has 1 fully saturated rings. The summed E-state index contributed by atoms with van der Waals surface area (Å²) in [7, 11) is 0. The van der Waals surface area contributed by atoms with E-state index in [1.54, 1.807) is 11.3 Å². The first-order chi connectivity index (χ1) is 6.60. The molecule has 0 unspecified atom stereocenters. The summed E-state index contributed by atoms with van der Waals surface area (Å²) in [6.45, 7) is 4.36. The molecule has 0 aliphatic heterocycles. The van der Waals surface area contributed by atoms with Crippen LogP contribution in [0.5, 0.6) is 0 Å². The highest BCUT2D eigenvalue weighted by Gasteiger charge is 2.33. The van der Waals surface area contributed by atoms with E-state index < -0.39 is 0 Å². The molecule has 0 saturated heterocycles. The Kier molecular flexibility index (Phi) is 2.62. The zero-order valence-electron chi connectivity index (χ0n) is 8.92. The van der Waals surface area contributed by atoms with Gasteiger partial charge >= 0.3 is 0 Å². The Hall–Kier alpha value is -0.410. The zero-order valence-corrected chi connectivity index (χ0v) is 9.73. The quantitative estimate of drug-likeness (QED) is 0.774. The molecule has 0 bridgehead atoms. The average molecular weight is 210 g/mol. The molecule has 1 aromatic heterocycles. The summed E-state index contributed by atoms with van der Waals surface area (Å²) in [6.07, 6.45) is 4.68. The summed E-state index contributed by atoms with van der Waals surface area (Å²) in [5.74, 6) is 0.839. The maximum atomic E-state index is 6.40. The Bertz CT molecular complexity index is 311. The first kappa shape index (κ1) is 10.1. The van der Waals surface area contributed by atoms with E-state index in [1.165, 1.54) is 12.8 Å². The van der Waals surface area contributed by atoms with Gasteiger partial charge in [0.25, 0.3) is 0 Å². The largest absolute Gasteiger partial charge is 0.320 e. The standard InChI is InChI=1S/C11H18N2S/c1-8-3-5-11(12,6-4-8)10-7-14-9(2)13-10/h7-8H,3-6,12H2,1-2H3. The van der Waals surface area contributed by atoms with Crippen molar-refractivity contribution in [2.75, 3.05) is 0 Å². The van der Waals surface area contributed by atoms with Crippen LogP contribution < -0.4 is 5.73 Å². The third kappa shape index (κ3) is 1.84. The van der Waals surface area contributed by atoms with Gasteiger partial charge in [0, 0.05) is 5.38 Å². The second-order valence-electron chi connectivity index (χ2n) is 4.59. The van der Waals surface area contributed by atoms with Crippen molar-refractivity contribution in [3.63, 3.8) is 0 Å². The van der Waals surface area contributed by atoms with E-state index >= 15 is 0 Å². The molecule has 0 spiro atoms. The van der Waals surface area contributed by atoms with Gasteiger partial charge in [0.15, 0.2) is 0 Å². The van der Waals surface area contributed by atoms with Crippen molar-refractivity contribution in [3.05, 3.63) is 16.1 Å². The highest BCUT2D eigenvalue weighted by molar-refractivity contribution is 7.09. The van der Waals surface area contributed by atoms with E-state index in [2.05, 4.69) is 17.3 Å². The fraction of sp³-hybridized carbons (Fsp3) is 0.727. The molecule has 14 heavy (non-hydrogen) atoms. The molecule has 3 heteroatoms. The van der Waals surface area contributed by atoms with Gasteiger partial charge in [-0.15, -0.1) is 11.3 Å². The summed E-state index contributed by atoms with van der Waals surface area (Å²) in [5.41, 5.74) is 7.39. The number of hydrogen-bond acceptors (Lipinski definition) is 3. The van der Waals surface area contributed by atoms with Crippen molar-refractivity contribution in [3.8, 4) is 0 Å². The molecule has 1 aliphatic carbocycles. The predicted molar refractivity (Wildman–Crippen MR) is 60.3 cm³/mol. The van der Waals surface area contributed by atoms with Crippen LogP contribution in [0.15, 0.2) is 5.38 Å². The molecule has 0 atom stereocenters. The molecule has 0 aromatic carbocycles. The SMILES string of the molecule is Cc1nc(C2(N)CCC(C)CC2)cs1. The van der Waals surface area contributed by atoms with E-state index in [0.29, 0.717) is 0 Å². The molecule has 1 heterocycles. The van der Waals surface area contributed by atoms with Crippen LogP contribution in [0.2, 0.25) is 0 Å². The van der Waals surface area contributed by atoms with Gasteiger partial charge in [0.1, 0.15) is 0 Å². The lowest BCUT2D eigenvalue weighted by molar-refractivity contribution is 0.243. The Morgan fingerprint density at radius 1 is 1.50 bits per heavy atom. The van der Waals surface area contributed by atoms with Crippen molar-refractivity contribution < 1.29 is 0 Å². The van der Waals surface area contributed by atoms with Crippen molar-refractivity contribution in [1.29, 1.82) is 0 Å². The van der Waals surface area contributed by atoms with E-state index in [1.807, 2.05) is 6.92 Å². The lowest BCUT2D eigenvalue weighted by atomic mass is 9.76. The van der Waals surface area contributed by atoms with Crippen LogP contribution in [0.4, 0.5) is 0 Å². The van der Waals surface area contributed by atoms with Crippen molar-refractivity contribution in [2.45, 2.75) is 45.1 Å². The molecular formula is C11H18N2S. The minimum atomic E-state index is -0.128. The lowest BCUT2D eigenvalue weighted by Crippen LogP contribution is -2.40. The van der Waals surface area contributed by atoms with E-state index in [4.69, 9.17) is 5.73 Å². The predicted octanol–water partition coefficient (Wildman–Crippen LogP) is 2.82. The Balaban J connectivity index is 2.16. The van der Waals surface area contributed by atoms with Crippen LogP contribution in [-0.4, -0.2) is 4.98 Å². The van der Waals surface area contributed by atoms with E-state index in [0.717, 1.165) is 29.5 Å². The van der Waals surface area contributed by atoms with Crippen LogP contribution in [0.25, 0.3) is 0 Å². The molecule has 1 aliphatic rings. The topological polar surface area (TPSA) is 38.9 Å². The fourth-order valence-corrected chi connectivity index (χ4v) is 2.85. The highest BCUT2D eigenvalue weighted by atomic mass is 32.1. The number of aryl methyl sites for hydroxylation is 1. The average Bonchev–Trinajstić information content (AvgIpc) is 2.58. The van der Waals surface area contributed by atoms with Crippen LogP contribution in [0, 0.1) is 12.8 Å². The molecule has 1 aromatic rings. The van der Waals surface area contributed by atoms with Gasteiger partial charge in [-0.05, 0) is 38.5 Å². The van der Waals surface area contributed by atoms with Gasteiger partial charge < -0.3 is 5.73 Å². The normalized spacial score (nSPS) is 33.2. The highest BCUT2D eigenvalue weighted by Crippen LogP contribution is 2.37. The number of nitrogens with zero attached hydrogens (tertiary/aromatic N) is 1. The van der Waals surface area contributed by atoms with Crippen LogP contribution in [0.1, 0.15) is 43.3 Å². The van der Waals surface area contributed by atoms with Gasteiger partial charge in [0.05, 0.1) is 16.2 Å². The van der Waals surface area contributed by atoms with Crippen LogP contribution >= 0.6 is 11.3 Å². The van der Waals surface area contributed by atoms with Gasteiger partial charge in [-0.1, -0.05) is 6.92 Å². The van der Waals surface area contributed by atoms with Gasteiger partial charge in [-0.3, -0.25) is 0 Å². The first-order valence-electron chi connectivity index (χ1n) is 5.32. The number of rotatable bonds is 1. The first-order valence-corrected chi connectivity index (χ1v) is 6.19. The minimum absolute atomic E-state index is 0.128. The second-order valence-corrected chi connectivity index (χ2v) is 5.65. The monoisotopic (exact) mass is 210 g/mol. The number of aromatic nitrogens is 1. The Morgan fingerprint density at radius 3 is 2.64 bits per heavy atom. The third-order valence-electron chi connectivity index (χ3n) is 3.30. The van der Waals surface area contributed by atoms with Gasteiger partial charge in [-0.25, -0.2) is 4.98 Å². The number of nitrogens with two attached hydrogens (primary N) is 1. The molecular weight excluding hydrogens is 192 g/mol. The van der Waals surface area contributed by atoms with Gasteiger partial charge in [-0.2, -0.15) is 0 Å². The molecule has 2 rings (SSSR count). The van der Waals surface area contributed by atoms with Crippen molar-refractivity contribution >= 4 is 11.3 Å². The lowest BCUT2D eigenvalue weighted by Gasteiger charge is -2.34. The second kappa shape index (κ2) is 3.63. The molecule has 2 N–H and O–H groups in total. The summed E-state index contributed by atoms with van der Waals surface area (Å²) >= 11 is 1.71. The minimum Gasteiger partial charge on any atom is -0.320 e. The number of hydrogen-bond donors (Lipinski definition) is 1. The smallest absolute Gasteiger partial charge is 0.0898 e. The third-order valence-corrected chi connectivity index (χ3v) is 4.07. The summed E-state index contributed by atoms with van der Waals surface area (Å²) in [4.78, 5) is 4.52. The van der Waals surface area contributed by atoms with Crippen molar-refractivity contribution in [2.24, 2.45) is 11.7 Å². The number of thiazole rings is 1. The van der Waals surface area contributed by atoms with E-state index in [-0.39, 0.29) is 5.54 Å². The molecule has 0 amide bonds. The maximum absolute atomic E-state index is 6.40. The maximum Gasteiger partial charge on any atom is 0.0898 e. The summed E-state index contributed by atoms with van der Waals surface area (Å²) in [5, 5.41) is 3.26. The van der Waals surface area contributed by atoms with E-state index in [9.17, 15) is 0 Å². The summed E-state index contributed by atoms with van der Waals surface area (Å²) in [6, 6.07) is 0.